The Hall–Kier alpha value is -0.970. The fraction of sp³-hybridized carbons (Fsp3) is 0.500. The number of hydrogen-bond acceptors (Lipinski definition) is 3. The Kier molecular flexibility index (Phi) is 5.38. The lowest BCUT2D eigenvalue weighted by Gasteiger charge is -2.12. The number of ether oxygens (including phenoxy) is 2. The highest BCUT2D eigenvalue weighted by atomic mass is 19.1. The third-order valence-electron chi connectivity index (χ3n) is 2.27. The molecule has 4 heteroatoms. The van der Waals surface area contributed by atoms with Gasteiger partial charge in [0.2, 0.25) is 0 Å². The molecule has 0 spiro atoms. The summed E-state index contributed by atoms with van der Waals surface area (Å²) in [6.45, 7) is 3.12. The summed E-state index contributed by atoms with van der Waals surface area (Å²) in [6.07, 6.45) is 0.0244. The van der Waals surface area contributed by atoms with Crippen LogP contribution in [0.15, 0.2) is 18.2 Å². The van der Waals surface area contributed by atoms with Crippen molar-refractivity contribution >= 4 is 0 Å². The number of benzene rings is 1. The van der Waals surface area contributed by atoms with Crippen molar-refractivity contribution in [2.75, 3.05) is 13.7 Å². The standard InChI is InChI=1S/C12H18FNO2/c1-9(7-15-2)16-8-10-3-4-12(13)11(5-10)6-14/h3-5,9H,6-8,14H2,1-2H3. The molecule has 1 aromatic carbocycles. The minimum Gasteiger partial charge on any atom is -0.382 e. The van der Waals surface area contributed by atoms with E-state index >= 15 is 0 Å². The van der Waals surface area contributed by atoms with E-state index in [2.05, 4.69) is 0 Å². The molecule has 1 unspecified atom stereocenters. The molecule has 0 fully saturated rings. The fourth-order valence-electron chi connectivity index (χ4n) is 1.40. The molecule has 0 radical (unpaired) electrons. The molecule has 0 saturated carbocycles. The average Bonchev–Trinajstić information content (AvgIpc) is 2.28. The van der Waals surface area contributed by atoms with E-state index in [1.165, 1.54) is 6.07 Å². The van der Waals surface area contributed by atoms with Gasteiger partial charge in [-0.1, -0.05) is 6.07 Å². The second-order valence-corrected chi connectivity index (χ2v) is 3.71. The highest BCUT2D eigenvalue weighted by Gasteiger charge is 2.05. The van der Waals surface area contributed by atoms with Crippen LogP contribution in [0.5, 0.6) is 0 Å². The van der Waals surface area contributed by atoms with Gasteiger partial charge in [0.1, 0.15) is 5.82 Å². The summed E-state index contributed by atoms with van der Waals surface area (Å²) in [5, 5.41) is 0. The number of methoxy groups -OCH3 is 1. The molecule has 0 heterocycles. The lowest BCUT2D eigenvalue weighted by atomic mass is 10.1. The Balaban J connectivity index is 2.54. The number of halogens is 1. The van der Waals surface area contributed by atoms with Crippen molar-refractivity contribution in [3.8, 4) is 0 Å². The predicted octanol–water partition coefficient (Wildman–Crippen LogP) is 1.84. The van der Waals surface area contributed by atoms with Gasteiger partial charge in [0, 0.05) is 19.2 Å². The molecule has 1 rings (SSSR count). The van der Waals surface area contributed by atoms with Crippen molar-refractivity contribution in [3.63, 3.8) is 0 Å². The molecule has 0 bridgehead atoms. The molecule has 0 aliphatic heterocycles. The molecular formula is C12H18FNO2. The van der Waals surface area contributed by atoms with Gasteiger partial charge in [-0.3, -0.25) is 0 Å². The van der Waals surface area contributed by atoms with Crippen LogP contribution in [-0.4, -0.2) is 19.8 Å². The van der Waals surface area contributed by atoms with Crippen LogP contribution in [-0.2, 0) is 22.6 Å². The van der Waals surface area contributed by atoms with Gasteiger partial charge < -0.3 is 15.2 Å². The van der Waals surface area contributed by atoms with Gasteiger partial charge in [-0.05, 0) is 24.6 Å². The second kappa shape index (κ2) is 6.58. The number of rotatable bonds is 6. The van der Waals surface area contributed by atoms with E-state index in [1.54, 1.807) is 19.2 Å². The molecule has 0 amide bonds. The van der Waals surface area contributed by atoms with Crippen molar-refractivity contribution in [2.24, 2.45) is 5.73 Å². The molecule has 0 saturated heterocycles. The number of hydrogen-bond donors (Lipinski definition) is 1. The number of nitrogens with two attached hydrogens (primary N) is 1. The van der Waals surface area contributed by atoms with Crippen LogP contribution in [0, 0.1) is 5.82 Å². The van der Waals surface area contributed by atoms with E-state index in [4.69, 9.17) is 15.2 Å². The molecule has 0 aliphatic carbocycles. The summed E-state index contributed by atoms with van der Waals surface area (Å²) in [7, 11) is 1.63. The average molecular weight is 227 g/mol. The summed E-state index contributed by atoms with van der Waals surface area (Å²) in [5.41, 5.74) is 6.86. The maximum absolute atomic E-state index is 13.1. The molecule has 16 heavy (non-hydrogen) atoms. The molecule has 2 N–H and O–H groups in total. The molecular weight excluding hydrogens is 209 g/mol. The monoisotopic (exact) mass is 227 g/mol. The maximum atomic E-state index is 13.1. The third-order valence-corrected chi connectivity index (χ3v) is 2.27. The third kappa shape index (κ3) is 3.89. The van der Waals surface area contributed by atoms with Crippen molar-refractivity contribution in [1.29, 1.82) is 0 Å². The largest absolute Gasteiger partial charge is 0.382 e. The highest BCUT2D eigenvalue weighted by Crippen LogP contribution is 2.11. The van der Waals surface area contributed by atoms with Gasteiger partial charge in [0.25, 0.3) is 0 Å². The van der Waals surface area contributed by atoms with Gasteiger partial charge in [0.05, 0.1) is 19.3 Å². The van der Waals surface area contributed by atoms with Crippen molar-refractivity contribution in [1.82, 2.24) is 0 Å². The van der Waals surface area contributed by atoms with E-state index in [9.17, 15) is 4.39 Å². The van der Waals surface area contributed by atoms with E-state index in [-0.39, 0.29) is 18.5 Å². The van der Waals surface area contributed by atoms with Gasteiger partial charge in [-0.25, -0.2) is 4.39 Å². The first kappa shape index (κ1) is 13.1. The van der Waals surface area contributed by atoms with Crippen molar-refractivity contribution in [3.05, 3.63) is 35.1 Å². The van der Waals surface area contributed by atoms with E-state index in [0.29, 0.717) is 18.8 Å². The summed E-state index contributed by atoms with van der Waals surface area (Å²) < 4.78 is 23.6. The summed E-state index contributed by atoms with van der Waals surface area (Å²) in [6, 6.07) is 4.85. The molecule has 0 aliphatic rings. The summed E-state index contributed by atoms with van der Waals surface area (Å²) in [4.78, 5) is 0. The first-order valence-corrected chi connectivity index (χ1v) is 5.25. The molecule has 1 aromatic rings. The first-order chi connectivity index (χ1) is 7.67. The van der Waals surface area contributed by atoms with Gasteiger partial charge in [-0.15, -0.1) is 0 Å². The van der Waals surface area contributed by atoms with Crippen LogP contribution in [0.1, 0.15) is 18.1 Å². The zero-order valence-corrected chi connectivity index (χ0v) is 9.70. The molecule has 3 nitrogen and oxygen atoms in total. The molecule has 0 aromatic heterocycles. The molecule has 90 valence electrons. The van der Waals surface area contributed by atoms with Gasteiger partial charge >= 0.3 is 0 Å². The van der Waals surface area contributed by atoms with Gasteiger partial charge in [0.15, 0.2) is 0 Å². The van der Waals surface area contributed by atoms with Gasteiger partial charge in [-0.2, -0.15) is 0 Å². The topological polar surface area (TPSA) is 44.5 Å². The zero-order chi connectivity index (χ0) is 12.0. The highest BCUT2D eigenvalue weighted by molar-refractivity contribution is 5.24. The lowest BCUT2D eigenvalue weighted by molar-refractivity contribution is -0.000162. The van der Waals surface area contributed by atoms with Crippen LogP contribution in [0.2, 0.25) is 0 Å². The first-order valence-electron chi connectivity index (χ1n) is 5.25. The smallest absolute Gasteiger partial charge is 0.127 e. The maximum Gasteiger partial charge on any atom is 0.127 e. The fourth-order valence-corrected chi connectivity index (χ4v) is 1.40. The van der Waals surface area contributed by atoms with E-state index < -0.39 is 0 Å². The Morgan fingerprint density at radius 1 is 1.44 bits per heavy atom. The van der Waals surface area contributed by atoms with E-state index in [1.807, 2.05) is 6.92 Å². The van der Waals surface area contributed by atoms with Crippen molar-refractivity contribution < 1.29 is 13.9 Å². The second-order valence-electron chi connectivity index (χ2n) is 3.71. The lowest BCUT2D eigenvalue weighted by Crippen LogP contribution is -2.14. The predicted molar refractivity (Wildman–Crippen MR) is 60.4 cm³/mol. The summed E-state index contributed by atoms with van der Waals surface area (Å²) >= 11 is 0. The minimum absolute atomic E-state index is 0.0244. The van der Waals surface area contributed by atoms with Crippen LogP contribution in [0.4, 0.5) is 4.39 Å². The van der Waals surface area contributed by atoms with Crippen molar-refractivity contribution in [2.45, 2.75) is 26.2 Å². The Labute approximate surface area is 95.4 Å². The van der Waals surface area contributed by atoms with Crippen LogP contribution < -0.4 is 5.73 Å². The van der Waals surface area contributed by atoms with Crippen LogP contribution in [0.25, 0.3) is 0 Å². The van der Waals surface area contributed by atoms with Crippen LogP contribution in [0.3, 0.4) is 0 Å². The zero-order valence-electron chi connectivity index (χ0n) is 9.70. The quantitative estimate of drug-likeness (QED) is 0.806. The Morgan fingerprint density at radius 3 is 2.81 bits per heavy atom. The Bertz CT molecular complexity index is 331. The van der Waals surface area contributed by atoms with Crippen LogP contribution >= 0.6 is 0 Å². The minimum atomic E-state index is -0.267. The van der Waals surface area contributed by atoms with E-state index in [0.717, 1.165) is 5.56 Å². The molecule has 1 atom stereocenters. The summed E-state index contributed by atoms with van der Waals surface area (Å²) in [5.74, 6) is -0.267. The normalized spacial score (nSPS) is 12.8. The Morgan fingerprint density at radius 2 is 2.19 bits per heavy atom. The SMILES string of the molecule is COCC(C)OCc1ccc(F)c(CN)c1.